The highest BCUT2D eigenvalue weighted by atomic mass is 35.7. The fourth-order valence-electron chi connectivity index (χ4n) is 2.36. The van der Waals surface area contributed by atoms with E-state index in [4.69, 9.17) is 20.7 Å². The second-order valence-electron chi connectivity index (χ2n) is 4.65. The zero-order chi connectivity index (χ0) is 13.9. The molecule has 0 N–H and O–H groups in total. The van der Waals surface area contributed by atoms with Crippen LogP contribution in [0.3, 0.4) is 0 Å². The van der Waals surface area contributed by atoms with Crippen molar-refractivity contribution < 1.29 is 13.2 Å². The second kappa shape index (κ2) is 5.91. The Morgan fingerprint density at radius 3 is 2.63 bits per heavy atom. The average molecular weight is 300 g/mol. The van der Waals surface area contributed by atoms with Gasteiger partial charge in [-0.2, -0.15) is 5.26 Å². The molecular weight excluding hydrogens is 286 g/mol. The van der Waals surface area contributed by atoms with Crippen molar-refractivity contribution in [3.63, 3.8) is 0 Å². The molecule has 19 heavy (non-hydrogen) atoms. The SMILES string of the molecule is N#Cc1ccc(C[C@H]2COCC[C@H]2S(=O)(=O)Cl)cc1. The van der Waals surface area contributed by atoms with Crippen LogP contribution in [0.1, 0.15) is 17.5 Å². The number of nitriles is 1. The van der Waals surface area contributed by atoms with E-state index in [-0.39, 0.29) is 5.92 Å². The third kappa shape index (κ3) is 3.69. The average Bonchev–Trinajstić information content (AvgIpc) is 2.39. The van der Waals surface area contributed by atoms with Crippen LogP contribution in [-0.4, -0.2) is 26.9 Å². The van der Waals surface area contributed by atoms with E-state index in [0.717, 1.165) is 5.56 Å². The Morgan fingerprint density at radius 2 is 2.05 bits per heavy atom. The first-order chi connectivity index (χ1) is 9.00. The van der Waals surface area contributed by atoms with Crippen molar-refractivity contribution in [3.05, 3.63) is 35.4 Å². The molecular formula is C13H14ClNO3S. The maximum atomic E-state index is 11.6. The lowest BCUT2D eigenvalue weighted by molar-refractivity contribution is 0.0577. The first kappa shape index (κ1) is 14.3. The number of nitrogens with zero attached hydrogens (tertiary/aromatic N) is 1. The van der Waals surface area contributed by atoms with Gasteiger partial charge < -0.3 is 4.74 Å². The molecule has 1 aromatic rings. The molecule has 0 spiro atoms. The van der Waals surface area contributed by atoms with Crippen molar-refractivity contribution in [3.8, 4) is 6.07 Å². The lowest BCUT2D eigenvalue weighted by Gasteiger charge is -2.29. The third-order valence-corrected chi connectivity index (χ3v) is 5.38. The summed E-state index contributed by atoms with van der Waals surface area (Å²) in [5.74, 6) is -0.135. The summed E-state index contributed by atoms with van der Waals surface area (Å²) in [4.78, 5) is 0. The quantitative estimate of drug-likeness (QED) is 0.801. The fourth-order valence-corrected chi connectivity index (χ4v) is 4.07. The van der Waals surface area contributed by atoms with E-state index in [2.05, 4.69) is 0 Å². The largest absolute Gasteiger partial charge is 0.381 e. The molecule has 6 heteroatoms. The van der Waals surface area contributed by atoms with Crippen LogP contribution in [-0.2, 0) is 20.2 Å². The summed E-state index contributed by atoms with van der Waals surface area (Å²) in [6.45, 7) is 0.830. The molecule has 1 aromatic carbocycles. The van der Waals surface area contributed by atoms with Crippen LogP contribution in [0.2, 0.25) is 0 Å². The van der Waals surface area contributed by atoms with Crippen molar-refractivity contribution >= 4 is 19.7 Å². The summed E-state index contributed by atoms with van der Waals surface area (Å²) >= 11 is 0. The normalized spacial score (nSPS) is 23.8. The van der Waals surface area contributed by atoms with Gasteiger partial charge >= 0.3 is 0 Å². The Kier molecular flexibility index (Phi) is 4.46. The Hall–Kier alpha value is -1.09. The Labute approximate surface area is 117 Å². The highest BCUT2D eigenvalue weighted by Gasteiger charge is 2.34. The molecule has 0 bridgehead atoms. The van der Waals surface area contributed by atoms with Crippen LogP contribution in [0.4, 0.5) is 0 Å². The summed E-state index contributed by atoms with van der Waals surface area (Å²) in [6.07, 6.45) is 1.02. The van der Waals surface area contributed by atoms with Crippen molar-refractivity contribution in [2.75, 3.05) is 13.2 Å². The van der Waals surface area contributed by atoms with Gasteiger partial charge in [0.15, 0.2) is 0 Å². The molecule has 1 saturated heterocycles. The topological polar surface area (TPSA) is 67.2 Å². The first-order valence-corrected chi connectivity index (χ1v) is 8.38. The molecule has 2 rings (SSSR count). The minimum Gasteiger partial charge on any atom is -0.381 e. The minimum atomic E-state index is -3.57. The minimum absolute atomic E-state index is 0.135. The van der Waals surface area contributed by atoms with Crippen LogP contribution < -0.4 is 0 Å². The van der Waals surface area contributed by atoms with E-state index in [9.17, 15) is 8.42 Å². The summed E-state index contributed by atoms with van der Waals surface area (Å²) in [6, 6.07) is 9.18. The molecule has 1 aliphatic heterocycles. The van der Waals surface area contributed by atoms with Crippen LogP contribution >= 0.6 is 10.7 Å². The highest BCUT2D eigenvalue weighted by Crippen LogP contribution is 2.27. The van der Waals surface area contributed by atoms with Gasteiger partial charge in [0.2, 0.25) is 9.05 Å². The number of hydrogen-bond acceptors (Lipinski definition) is 4. The van der Waals surface area contributed by atoms with E-state index < -0.39 is 14.3 Å². The summed E-state index contributed by atoms with van der Waals surface area (Å²) < 4.78 is 28.5. The van der Waals surface area contributed by atoms with Crippen LogP contribution in [0.15, 0.2) is 24.3 Å². The van der Waals surface area contributed by atoms with Gasteiger partial charge in [0, 0.05) is 23.2 Å². The molecule has 0 saturated carbocycles. The first-order valence-electron chi connectivity index (χ1n) is 6.01. The standard InChI is InChI=1S/C13H14ClNO3S/c14-19(16,17)13-5-6-18-9-12(13)7-10-1-3-11(8-15)4-2-10/h1-4,12-13H,5-7,9H2/t12-,13+/m0/s1. The molecule has 102 valence electrons. The number of hydrogen-bond donors (Lipinski definition) is 0. The summed E-state index contributed by atoms with van der Waals surface area (Å²) in [5, 5.41) is 8.17. The van der Waals surface area contributed by atoms with Crippen molar-refractivity contribution in [1.82, 2.24) is 0 Å². The summed E-state index contributed by atoms with van der Waals surface area (Å²) in [5.41, 5.74) is 1.57. The zero-order valence-electron chi connectivity index (χ0n) is 10.3. The van der Waals surface area contributed by atoms with Crippen LogP contribution in [0, 0.1) is 17.2 Å². The lowest BCUT2D eigenvalue weighted by Crippen LogP contribution is -2.37. The fraction of sp³-hybridized carbons (Fsp3) is 0.462. The van der Waals surface area contributed by atoms with Crippen molar-refractivity contribution in [1.29, 1.82) is 5.26 Å². The van der Waals surface area contributed by atoms with E-state index in [1.165, 1.54) is 0 Å². The molecule has 1 aliphatic rings. The predicted octanol–water partition coefficient (Wildman–Crippen LogP) is 2.07. The van der Waals surface area contributed by atoms with Gasteiger partial charge in [-0.3, -0.25) is 0 Å². The van der Waals surface area contributed by atoms with Gasteiger partial charge in [-0.1, -0.05) is 12.1 Å². The van der Waals surface area contributed by atoms with Gasteiger partial charge in [-0.15, -0.1) is 0 Å². The number of halogens is 1. The van der Waals surface area contributed by atoms with E-state index >= 15 is 0 Å². The Bertz CT molecular complexity index is 577. The van der Waals surface area contributed by atoms with Crippen molar-refractivity contribution in [2.45, 2.75) is 18.1 Å². The van der Waals surface area contributed by atoms with Gasteiger partial charge in [0.1, 0.15) is 0 Å². The molecule has 0 amide bonds. The monoisotopic (exact) mass is 299 g/mol. The lowest BCUT2D eigenvalue weighted by atomic mass is 9.93. The Morgan fingerprint density at radius 1 is 1.37 bits per heavy atom. The van der Waals surface area contributed by atoms with Crippen LogP contribution in [0.5, 0.6) is 0 Å². The smallest absolute Gasteiger partial charge is 0.235 e. The van der Waals surface area contributed by atoms with E-state index in [1.54, 1.807) is 12.1 Å². The van der Waals surface area contributed by atoms with Gasteiger partial charge in [-0.05, 0) is 30.5 Å². The van der Waals surface area contributed by atoms with Gasteiger partial charge in [0.05, 0.1) is 23.5 Å². The zero-order valence-corrected chi connectivity index (χ0v) is 11.8. The molecule has 0 aromatic heterocycles. The van der Waals surface area contributed by atoms with E-state index in [0.29, 0.717) is 31.6 Å². The highest BCUT2D eigenvalue weighted by molar-refractivity contribution is 8.14. The molecule has 1 fully saturated rings. The Balaban J connectivity index is 2.13. The number of ether oxygens (including phenoxy) is 1. The maximum Gasteiger partial charge on any atom is 0.235 e. The summed E-state index contributed by atoms with van der Waals surface area (Å²) in [7, 11) is 1.93. The molecule has 4 nitrogen and oxygen atoms in total. The molecule has 1 heterocycles. The van der Waals surface area contributed by atoms with Crippen molar-refractivity contribution in [2.24, 2.45) is 5.92 Å². The second-order valence-corrected chi connectivity index (χ2v) is 7.50. The number of benzene rings is 1. The molecule has 0 radical (unpaired) electrons. The van der Waals surface area contributed by atoms with Crippen LogP contribution in [0.25, 0.3) is 0 Å². The molecule has 2 atom stereocenters. The molecule has 0 unspecified atom stereocenters. The maximum absolute atomic E-state index is 11.6. The third-order valence-electron chi connectivity index (χ3n) is 3.35. The van der Waals surface area contributed by atoms with E-state index in [1.807, 2.05) is 18.2 Å². The molecule has 0 aliphatic carbocycles. The van der Waals surface area contributed by atoms with Gasteiger partial charge in [0.25, 0.3) is 0 Å². The predicted molar refractivity (Wildman–Crippen MR) is 72.3 cm³/mol. The van der Waals surface area contributed by atoms with Gasteiger partial charge in [-0.25, -0.2) is 8.42 Å². The number of rotatable bonds is 3.